The lowest BCUT2D eigenvalue weighted by Crippen LogP contribution is -2.48. The molecule has 10 heteroatoms. The zero-order chi connectivity index (χ0) is 22.0. The van der Waals surface area contributed by atoms with Gasteiger partial charge in [-0.15, -0.1) is 11.3 Å². The van der Waals surface area contributed by atoms with Gasteiger partial charge in [0, 0.05) is 36.5 Å². The molecule has 0 radical (unpaired) electrons. The molecule has 31 heavy (non-hydrogen) atoms. The lowest BCUT2D eigenvalue weighted by molar-refractivity contribution is -0.127. The topological polar surface area (TPSA) is 105 Å². The summed E-state index contributed by atoms with van der Waals surface area (Å²) in [5.74, 6) is 1.33. The van der Waals surface area contributed by atoms with Crippen LogP contribution in [0.1, 0.15) is 58.3 Å². The quantitative estimate of drug-likeness (QED) is 0.699. The van der Waals surface area contributed by atoms with Crippen LogP contribution in [-0.2, 0) is 21.2 Å². The zero-order valence-corrected chi connectivity index (χ0v) is 19.7. The van der Waals surface area contributed by atoms with Crippen LogP contribution in [-0.4, -0.2) is 47.9 Å². The number of carbonyl (C=O) groups excluding carboxylic acids is 1. The molecule has 3 heterocycles. The summed E-state index contributed by atoms with van der Waals surface area (Å²) in [5, 5.41) is 8.82. The van der Waals surface area contributed by atoms with E-state index < -0.39 is 10.0 Å². The molecule has 2 aromatic rings. The molecule has 1 aliphatic heterocycles. The Kier molecular flexibility index (Phi) is 6.78. The van der Waals surface area contributed by atoms with Gasteiger partial charge in [0.1, 0.15) is 4.21 Å². The molecule has 0 spiro atoms. The van der Waals surface area contributed by atoms with E-state index in [0.717, 1.165) is 49.4 Å². The fraction of sp³-hybridized carbons (Fsp3) is 0.667. The molecule has 1 saturated heterocycles. The molecule has 0 aromatic carbocycles. The number of hydrogen-bond donors (Lipinski definition) is 1. The number of piperidine rings is 1. The van der Waals surface area contributed by atoms with Gasteiger partial charge in [0.05, 0.1) is 5.92 Å². The second-order valence-corrected chi connectivity index (χ2v) is 11.8. The van der Waals surface area contributed by atoms with Gasteiger partial charge in [-0.2, -0.15) is 9.29 Å². The summed E-state index contributed by atoms with van der Waals surface area (Å²) < 4.78 is 33.3. The molecule has 170 valence electrons. The van der Waals surface area contributed by atoms with Crippen LogP contribution in [0.2, 0.25) is 0 Å². The van der Waals surface area contributed by atoms with Crippen molar-refractivity contribution < 1.29 is 17.7 Å². The van der Waals surface area contributed by atoms with E-state index >= 15 is 0 Å². The molecule has 0 bridgehead atoms. The predicted octanol–water partition coefficient (Wildman–Crippen LogP) is 3.46. The van der Waals surface area contributed by atoms with Crippen LogP contribution in [0.4, 0.5) is 0 Å². The molecule has 1 N–H and O–H groups in total. The number of thiophene rings is 1. The Hall–Kier alpha value is -1.78. The van der Waals surface area contributed by atoms with Crippen LogP contribution in [0.3, 0.4) is 0 Å². The second kappa shape index (κ2) is 9.38. The minimum Gasteiger partial charge on any atom is -0.353 e. The Morgan fingerprint density at radius 2 is 2.06 bits per heavy atom. The van der Waals surface area contributed by atoms with E-state index in [9.17, 15) is 13.2 Å². The summed E-state index contributed by atoms with van der Waals surface area (Å²) in [7, 11) is -3.67. The van der Waals surface area contributed by atoms with Gasteiger partial charge in [0.15, 0.2) is 0 Å². The van der Waals surface area contributed by atoms with Gasteiger partial charge >= 0.3 is 0 Å². The number of amides is 1. The fourth-order valence-corrected chi connectivity index (χ4v) is 7.14. The van der Waals surface area contributed by atoms with Crippen molar-refractivity contribution in [3.05, 3.63) is 17.3 Å². The summed E-state index contributed by atoms with van der Waals surface area (Å²) in [6.07, 6.45) is 6.32. The van der Waals surface area contributed by atoms with Gasteiger partial charge in [-0.05, 0) is 50.5 Å². The van der Waals surface area contributed by atoms with Crippen LogP contribution in [0, 0.1) is 11.8 Å². The summed E-state index contributed by atoms with van der Waals surface area (Å²) >= 11 is 1.15. The molecule has 2 fully saturated rings. The normalized spacial score (nSPS) is 25.4. The first-order valence-electron chi connectivity index (χ1n) is 11.1. The van der Waals surface area contributed by atoms with Gasteiger partial charge in [0.2, 0.25) is 17.6 Å². The lowest BCUT2D eigenvalue weighted by atomic mass is 9.87. The smallest absolute Gasteiger partial charge is 0.252 e. The maximum Gasteiger partial charge on any atom is 0.252 e. The second-order valence-electron chi connectivity index (χ2n) is 8.69. The number of aryl methyl sites for hydroxylation is 1. The Labute approximate surface area is 187 Å². The highest BCUT2D eigenvalue weighted by molar-refractivity contribution is 7.91. The van der Waals surface area contributed by atoms with E-state index in [-0.39, 0.29) is 28.6 Å². The number of rotatable bonds is 6. The standard InChI is InChI=1S/C21H30N4O4S2/c1-3-18-23-20(24-29-18)16-11-19(30-13-16)31(27,28)25-10-4-5-15(12-25)21(26)22-17-8-6-14(2)7-9-17/h11,13-15,17H,3-10,12H2,1-2H3,(H,22,26)/t14?,15-,17?/m0/s1. The molecule has 1 atom stereocenters. The van der Waals surface area contributed by atoms with E-state index in [1.165, 1.54) is 4.31 Å². The minimum atomic E-state index is -3.67. The summed E-state index contributed by atoms with van der Waals surface area (Å²) in [4.78, 5) is 17.1. The number of hydrogen-bond acceptors (Lipinski definition) is 7. The summed E-state index contributed by atoms with van der Waals surface area (Å²) in [6.45, 7) is 4.83. The highest BCUT2D eigenvalue weighted by Gasteiger charge is 2.35. The Balaban J connectivity index is 1.42. The molecule has 1 aliphatic carbocycles. The van der Waals surface area contributed by atoms with Gasteiger partial charge < -0.3 is 9.84 Å². The van der Waals surface area contributed by atoms with Crippen molar-refractivity contribution in [3.8, 4) is 11.4 Å². The van der Waals surface area contributed by atoms with Crippen molar-refractivity contribution >= 4 is 27.3 Å². The molecular formula is C21H30N4O4S2. The van der Waals surface area contributed by atoms with Crippen molar-refractivity contribution in [2.24, 2.45) is 11.8 Å². The zero-order valence-electron chi connectivity index (χ0n) is 18.0. The van der Waals surface area contributed by atoms with E-state index in [0.29, 0.717) is 36.7 Å². The van der Waals surface area contributed by atoms with Crippen molar-refractivity contribution in [2.75, 3.05) is 13.1 Å². The number of sulfonamides is 1. The predicted molar refractivity (Wildman–Crippen MR) is 118 cm³/mol. The fourth-order valence-electron chi connectivity index (χ4n) is 4.31. The molecule has 0 unspecified atom stereocenters. The van der Waals surface area contributed by atoms with E-state index in [4.69, 9.17) is 4.52 Å². The molecule has 1 amide bonds. The SMILES string of the molecule is CCc1nc(-c2csc(S(=O)(=O)N3CCC[C@H](C(=O)NC4CCC(C)CC4)C3)c2)no1. The first-order valence-corrected chi connectivity index (χ1v) is 13.4. The Morgan fingerprint density at radius 1 is 1.29 bits per heavy atom. The van der Waals surface area contributed by atoms with Crippen molar-refractivity contribution in [1.29, 1.82) is 0 Å². The summed E-state index contributed by atoms with van der Waals surface area (Å²) in [5.41, 5.74) is 0.629. The van der Waals surface area contributed by atoms with Crippen LogP contribution in [0.15, 0.2) is 20.2 Å². The van der Waals surface area contributed by atoms with Gasteiger partial charge in [0.25, 0.3) is 10.0 Å². The van der Waals surface area contributed by atoms with E-state index in [2.05, 4.69) is 22.4 Å². The van der Waals surface area contributed by atoms with Crippen molar-refractivity contribution in [2.45, 2.75) is 69.0 Å². The van der Waals surface area contributed by atoms with Gasteiger partial charge in [-0.25, -0.2) is 8.42 Å². The third-order valence-electron chi connectivity index (χ3n) is 6.32. The van der Waals surface area contributed by atoms with E-state index in [1.807, 2.05) is 6.92 Å². The van der Waals surface area contributed by atoms with E-state index in [1.54, 1.807) is 11.4 Å². The average molecular weight is 467 g/mol. The molecule has 2 aromatic heterocycles. The maximum atomic E-state index is 13.2. The van der Waals surface area contributed by atoms with Gasteiger partial charge in [-0.3, -0.25) is 4.79 Å². The first-order chi connectivity index (χ1) is 14.9. The van der Waals surface area contributed by atoms with Crippen molar-refractivity contribution in [1.82, 2.24) is 19.8 Å². The first kappa shape index (κ1) is 22.4. The van der Waals surface area contributed by atoms with Crippen LogP contribution < -0.4 is 5.32 Å². The molecular weight excluding hydrogens is 436 g/mol. The van der Waals surface area contributed by atoms with Crippen LogP contribution in [0.5, 0.6) is 0 Å². The average Bonchev–Trinajstić information content (AvgIpc) is 3.45. The molecule has 4 rings (SSSR count). The number of aromatic nitrogens is 2. The lowest BCUT2D eigenvalue weighted by Gasteiger charge is -2.33. The third kappa shape index (κ3) is 5.01. The van der Waals surface area contributed by atoms with Crippen molar-refractivity contribution in [3.63, 3.8) is 0 Å². The highest BCUT2D eigenvalue weighted by atomic mass is 32.2. The highest BCUT2D eigenvalue weighted by Crippen LogP contribution is 2.31. The minimum absolute atomic E-state index is 0.00906. The Bertz CT molecular complexity index is 1010. The third-order valence-corrected chi connectivity index (χ3v) is 9.60. The van der Waals surface area contributed by atoms with Crippen LogP contribution in [0.25, 0.3) is 11.4 Å². The largest absolute Gasteiger partial charge is 0.353 e. The number of nitrogens with one attached hydrogen (secondary N) is 1. The number of carbonyl (C=O) groups is 1. The molecule has 8 nitrogen and oxygen atoms in total. The van der Waals surface area contributed by atoms with Crippen LogP contribution >= 0.6 is 11.3 Å². The molecule has 1 saturated carbocycles. The number of nitrogens with zero attached hydrogens (tertiary/aromatic N) is 3. The molecule has 2 aliphatic rings. The van der Waals surface area contributed by atoms with Gasteiger partial charge in [-0.1, -0.05) is 19.0 Å². The summed E-state index contributed by atoms with van der Waals surface area (Å²) in [6, 6.07) is 1.82. The maximum absolute atomic E-state index is 13.2. The Morgan fingerprint density at radius 3 is 2.77 bits per heavy atom. The monoisotopic (exact) mass is 466 g/mol.